The molecule has 0 bridgehead atoms. The van der Waals surface area contributed by atoms with E-state index in [1.807, 2.05) is 18.2 Å². The van der Waals surface area contributed by atoms with Gasteiger partial charge >= 0.3 is 6.01 Å². The van der Waals surface area contributed by atoms with E-state index >= 15 is 0 Å². The Morgan fingerprint density at radius 2 is 1.89 bits per heavy atom. The predicted octanol–water partition coefficient (Wildman–Crippen LogP) is 3.75. The van der Waals surface area contributed by atoms with Gasteiger partial charge in [0.25, 0.3) is 11.8 Å². The van der Waals surface area contributed by atoms with E-state index in [1.54, 1.807) is 30.9 Å². The molecule has 0 saturated carbocycles. The number of piperidine rings is 2. The Bertz CT molecular complexity index is 1430. The molecular formula is C32H41N7O5S. The fraction of sp³-hybridized carbons (Fsp3) is 0.531. The van der Waals surface area contributed by atoms with Crippen LogP contribution in [0.25, 0.3) is 0 Å². The highest BCUT2D eigenvalue weighted by atomic mass is 32.1. The summed E-state index contributed by atoms with van der Waals surface area (Å²) < 4.78 is 17.1. The Hall–Kier alpha value is -3.65. The number of likely N-dealkylation sites (tertiary alicyclic amines) is 1. The van der Waals surface area contributed by atoms with Gasteiger partial charge < -0.3 is 29.7 Å². The number of anilines is 2. The summed E-state index contributed by atoms with van der Waals surface area (Å²) >= 11 is 1.43. The Morgan fingerprint density at radius 1 is 1.09 bits per heavy atom. The van der Waals surface area contributed by atoms with E-state index in [4.69, 9.17) is 14.2 Å². The zero-order valence-corrected chi connectivity index (χ0v) is 26.5. The third-order valence-corrected chi connectivity index (χ3v) is 9.68. The molecule has 3 aliphatic rings. The standard InChI is InChI=1S/C32H41N7O5S/c1-42-19-13-33-28(40)25-20-23(21-38-16-9-32(10-17-38)8-2-18-43-32)4-5-26(25)36-29(41)27-22-45-31(37-27)39-14-6-24(7-15-39)44-30-34-11-3-12-35-30/h3-5,11-12,20,22,24H,2,6-10,13-19,21H2,1H3,(H,33,40)(H,36,41). The molecule has 2 aromatic heterocycles. The van der Waals surface area contributed by atoms with Gasteiger partial charge in [-0.15, -0.1) is 11.3 Å². The number of carbonyl (C=O) groups is 2. The van der Waals surface area contributed by atoms with Gasteiger partial charge in [0.1, 0.15) is 11.8 Å². The lowest BCUT2D eigenvalue weighted by Gasteiger charge is -2.38. The summed E-state index contributed by atoms with van der Waals surface area (Å²) in [7, 11) is 1.59. The maximum absolute atomic E-state index is 13.3. The van der Waals surface area contributed by atoms with Gasteiger partial charge in [0, 0.05) is 83.6 Å². The van der Waals surface area contributed by atoms with Crippen LogP contribution in [0.1, 0.15) is 64.9 Å². The number of methoxy groups -OCH3 is 1. The average Bonchev–Trinajstić information content (AvgIpc) is 3.75. The molecule has 1 aromatic carbocycles. The molecule has 45 heavy (non-hydrogen) atoms. The van der Waals surface area contributed by atoms with Crippen LogP contribution < -0.4 is 20.3 Å². The van der Waals surface area contributed by atoms with Crippen LogP contribution in [-0.2, 0) is 16.0 Å². The molecule has 0 atom stereocenters. The largest absolute Gasteiger partial charge is 0.460 e. The highest BCUT2D eigenvalue weighted by molar-refractivity contribution is 7.14. The maximum atomic E-state index is 13.3. The molecule has 240 valence electrons. The summed E-state index contributed by atoms with van der Waals surface area (Å²) in [6.07, 6.45) is 9.36. The van der Waals surface area contributed by atoms with Gasteiger partial charge in [-0.25, -0.2) is 15.0 Å². The van der Waals surface area contributed by atoms with Crippen molar-refractivity contribution in [3.05, 3.63) is 58.9 Å². The molecule has 3 saturated heterocycles. The summed E-state index contributed by atoms with van der Waals surface area (Å²) in [5, 5.41) is 8.39. The van der Waals surface area contributed by atoms with Crippen molar-refractivity contribution in [3.63, 3.8) is 0 Å². The molecule has 13 heteroatoms. The minimum absolute atomic E-state index is 0.0377. The van der Waals surface area contributed by atoms with Gasteiger partial charge in [0.05, 0.1) is 23.5 Å². The molecule has 0 aliphatic carbocycles. The number of thiazole rings is 1. The van der Waals surface area contributed by atoms with Crippen LogP contribution >= 0.6 is 11.3 Å². The number of hydrogen-bond donors (Lipinski definition) is 2. The highest BCUT2D eigenvalue weighted by Crippen LogP contribution is 2.36. The van der Waals surface area contributed by atoms with Crippen molar-refractivity contribution >= 4 is 34.0 Å². The monoisotopic (exact) mass is 635 g/mol. The molecule has 3 aliphatic heterocycles. The molecule has 6 rings (SSSR count). The topological polar surface area (TPSA) is 131 Å². The SMILES string of the molecule is COCCNC(=O)c1cc(CN2CCC3(CCCO3)CC2)ccc1NC(=O)c1csc(N2CCC(Oc3ncccn3)CC2)n1. The molecule has 2 amide bonds. The van der Waals surface area contributed by atoms with Crippen molar-refractivity contribution in [1.29, 1.82) is 0 Å². The van der Waals surface area contributed by atoms with Crippen LogP contribution in [0.4, 0.5) is 10.8 Å². The van der Waals surface area contributed by atoms with Crippen molar-refractivity contribution in [1.82, 2.24) is 25.2 Å². The average molecular weight is 636 g/mol. The van der Waals surface area contributed by atoms with E-state index in [2.05, 4.69) is 35.4 Å². The first kappa shape index (κ1) is 31.3. The number of benzene rings is 1. The highest BCUT2D eigenvalue weighted by Gasteiger charge is 2.38. The second-order valence-corrected chi connectivity index (χ2v) is 12.7. The number of rotatable bonds is 11. The van der Waals surface area contributed by atoms with Crippen molar-refractivity contribution in [3.8, 4) is 6.01 Å². The lowest BCUT2D eigenvalue weighted by atomic mass is 9.88. The normalized spacial score (nSPS) is 18.6. The van der Waals surface area contributed by atoms with E-state index in [1.165, 1.54) is 11.3 Å². The second-order valence-electron chi connectivity index (χ2n) is 11.8. The van der Waals surface area contributed by atoms with Crippen LogP contribution in [-0.4, -0.2) is 96.4 Å². The summed E-state index contributed by atoms with van der Waals surface area (Å²) in [6.45, 7) is 5.81. The zero-order valence-electron chi connectivity index (χ0n) is 25.7. The summed E-state index contributed by atoms with van der Waals surface area (Å²) in [5.74, 6) is -0.611. The minimum atomic E-state index is -0.353. The van der Waals surface area contributed by atoms with Gasteiger partial charge in [-0.2, -0.15) is 0 Å². The number of aromatic nitrogens is 3. The number of nitrogens with zero attached hydrogens (tertiary/aromatic N) is 5. The number of amides is 2. The van der Waals surface area contributed by atoms with Gasteiger partial charge in [0.15, 0.2) is 5.13 Å². The molecule has 3 aromatic rings. The zero-order chi connectivity index (χ0) is 31.1. The lowest BCUT2D eigenvalue weighted by molar-refractivity contribution is -0.0447. The Balaban J connectivity index is 1.08. The minimum Gasteiger partial charge on any atom is -0.460 e. The molecular weight excluding hydrogens is 594 g/mol. The quantitative estimate of drug-likeness (QED) is 0.301. The smallest absolute Gasteiger partial charge is 0.316 e. The van der Waals surface area contributed by atoms with Crippen LogP contribution in [0.2, 0.25) is 0 Å². The van der Waals surface area contributed by atoms with E-state index in [-0.39, 0.29) is 23.5 Å². The molecule has 2 N–H and O–H groups in total. The molecule has 12 nitrogen and oxygen atoms in total. The number of hydrogen-bond acceptors (Lipinski definition) is 11. The summed E-state index contributed by atoms with van der Waals surface area (Å²) in [4.78, 5) is 44.1. The van der Waals surface area contributed by atoms with Crippen molar-refractivity contribution in [2.24, 2.45) is 0 Å². The van der Waals surface area contributed by atoms with Gasteiger partial charge in [-0.1, -0.05) is 6.07 Å². The van der Waals surface area contributed by atoms with Crippen molar-refractivity contribution in [2.45, 2.75) is 56.8 Å². The number of carbonyl (C=O) groups excluding carboxylic acids is 2. The first-order chi connectivity index (χ1) is 22.0. The van der Waals surface area contributed by atoms with Gasteiger partial charge in [-0.3, -0.25) is 14.5 Å². The Labute approximate surface area is 267 Å². The summed E-state index contributed by atoms with van der Waals surface area (Å²) in [6, 6.07) is 7.84. The molecule has 1 spiro atoms. The third-order valence-electron chi connectivity index (χ3n) is 8.78. The second kappa shape index (κ2) is 14.6. The predicted molar refractivity (Wildman–Crippen MR) is 171 cm³/mol. The molecule has 3 fully saturated rings. The van der Waals surface area contributed by atoms with Crippen LogP contribution in [0.3, 0.4) is 0 Å². The Morgan fingerprint density at radius 3 is 2.62 bits per heavy atom. The fourth-order valence-corrected chi connectivity index (χ4v) is 7.09. The molecule has 0 radical (unpaired) electrons. The van der Waals surface area contributed by atoms with Crippen molar-refractivity contribution in [2.75, 3.05) is 63.3 Å². The van der Waals surface area contributed by atoms with Crippen LogP contribution in [0.5, 0.6) is 6.01 Å². The van der Waals surface area contributed by atoms with E-state index < -0.39 is 0 Å². The maximum Gasteiger partial charge on any atom is 0.316 e. The number of nitrogens with one attached hydrogen (secondary N) is 2. The number of ether oxygens (including phenoxy) is 3. The van der Waals surface area contributed by atoms with Gasteiger partial charge in [0.2, 0.25) is 0 Å². The van der Waals surface area contributed by atoms with Gasteiger partial charge in [-0.05, 0) is 49.4 Å². The van der Waals surface area contributed by atoms with E-state index in [0.29, 0.717) is 36.1 Å². The Kier molecular flexibility index (Phi) is 10.2. The van der Waals surface area contributed by atoms with E-state index in [9.17, 15) is 9.59 Å². The van der Waals surface area contributed by atoms with Crippen LogP contribution in [0.15, 0.2) is 42.0 Å². The lowest BCUT2D eigenvalue weighted by Crippen LogP contribution is -2.43. The van der Waals surface area contributed by atoms with Crippen molar-refractivity contribution < 1.29 is 23.8 Å². The van der Waals surface area contributed by atoms with E-state index in [0.717, 1.165) is 88.6 Å². The van der Waals surface area contributed by atoms with Crippen LogP contribution in [0, 0.1) is 0 Å². The molecule has 0 unspecified atom stereocenters. The first-order valence-electron chi connectivity index (χ1n) is 15.7. The summed E-state index contributed by atoms with van der Waals surface area (Å²) in [5.41, 5.74) is 2.28. The molecule has 5 heterocycles. The fourth-order valence-electron chi connectivity index (χ4n) is 6.24. The third kappa shape index (κ3) is 7.96. The first-order valence-corrected chi connectivity index (χ1v) is 16.6.